The van der Waals surface area contributed by atoms with Gasteiger partial charge >= 0.3 is 0 Å². The first-order valence-corrected chi connectivity index (χ1v) is 2.95. The van der Waals surface area contributed by atoms with Gasteiger partial charge in [0.2, 0.25) is 0 Å². The van der Waals surface area contributed by atoms with Gasteiger partial charge in [0.05, 0.1) is 11.9 Å². The summed E-state index contributed by atoms with van der Waals surface area (Å²) in [5.74, 6) is 0. The van der Waals surface area contributed by atoms with E-state index in [1.165, 1.54) is 0 Å². The maximum absolute atomic E-state index is 3.64. The Bertz CT molecular complexity index is 247. The van der Waals surface area contributed by atoms with Gasteiger partial charge < -0.3 is 4.57 Å². The molecule has 1 rings (SSSR count). The fourth-order valence-corrected chi connectivity index (χ4v) is 0.708. The summed E-state index contributed by atoms with van der Waals surface area (Å²) in [5, 5.41) is 7.00. The standard InChI is InChI=1S/C7H9N3/c1-8-9-6-7-4-3-5-10(7)2/h3-6H,1H2,2H3/b9-6-. The van der Waals surface area contributed by atoms with Gasteiger partial charge in [-0.05, 0) is 12.1 Å². The minimum absolute atomic E-state index is 1.02. The quantitative estimate of drug-likeness (QED) is 0.428. The molecule has 0 amide bonds. The van der Waals surface area contributed by atoms with Gasteiger partial charge in [0.15, 0.2) is 0 Å². The van der Waals surface area contributed by atoms with E-state index < -0.39 is 0 Å². The third kappa shape index (κ3) is 1.31. The average molecular weight is 135 g/mol. The van der Waals surface area contributed by atoms with Gasteiger partial charge in [0.25, 0.3) is 0 Å². The monoisotopic (exact) mass is 135 g/mol. The van der Waals surface area contributed by atoms with E-state index in [0.717, 1.165) is 5.69 Å². The lowest BCUT2D eigenvalue weighted by atomic mass is 10.5. The molecule has 1 heterocycles. The van der Waals surface area contributed by atoms with Gasteiger partial charge in [-0.15, -0.1) is 0 Å². The summed E-state index contributed by atoms with van der Waals surface area (Å²) in [6.07, 6.45) is 3.61. The molecule has 0 aliphatic carbocycles. The van der Waals surface area contributed by atoms with Crippen LogP contribution in [0.5, 0.6) is 0 Å². The van der Waals surface area contributed by atoms with Crippen molar-refractivity contribution in [3.05, 3.63) is 24.0 Å². The number of hydrogen-bond donors (Lipinski definition) is 0. The fraction of sp³-hybridized carbons (Fsp3) is 0.143. The third-order valence-electron chi connectivity index (χ3n) is 1.26. The molecule has 3 nitrogen and oxygen atoms in total. The highest BCUT2D eigenvalue weighted by Crippen LogP contribution is 1.94. The first kappa shape index (κ1) is 6.74. The second-order valence-electron chi connectivity index (χ2n) is 1.93. The zero-order chi connectivity index (χ0) is 7.40. The predicted molar refractivity (Wildman–Crippen MR) is 42.6 cm³/mol. The molecular formula is C7H9N3. The Morgan fingerprint density at radius 3 is 3.00 bits per heavy atom. The minimum atomic E-state index is 1.02. The number of aromatic nitrogens is 1. The van der Waals surface area contributed by atoms with Crippen LogP contribution in [-0.2, 0) is 7.05 Å². The summed E-state index contributed by atoms with van der Waals surface area (Å²) in [7, 11) is 1.95. The lowest BCUT2D eigenvalue weighted by molar-refractivity contribution is 0.917. The van der Waals surface area contributed by atoms with Crippen molar-refractivity contribution in [1.82, 2.24) is 4.57 Å². The van der Waals surface area contributed by atoms with E-state index in [9.17, 15) is 0 Å². The van der Waals surface area contributed by atoms with Crippen LogP contribution in [0.4, 0.5) is 0 Å². The van der Waals surface area contributed by atoms with Crippen LogP contribution >= 0.6 is 0 Å². The predicted octanol–water partition coefficient (Wildman–Crippen LogP) is 1.06. The second-order valence-corrected chi connectivity index (χ2v) is 1.93. The summed E-state index contributed by atoms with van der Waals surface area (Å²) < 4.78 is 1.95. The molecule has 0 spiro atoms. The van der Waals surface area contributed by atoms with Gasteiger partial charge in [0, 0.05) is 20.0 Å². The summed E-state index contributed by atoms with van der Waals surface area (Å²) in [6, 6.07) is 3.90. The molecule has 0 atom stereocenters. The first-order chi connectivity index (χ1) is 4.84. The van der Waals surface area contributed by atoms with Crippen molar-refractivity contribution < 1.29 is 0 Å². The highest BCUT2D eigenvalue weighted by Gasteiger charge is 1.88. The van der Waals surface area contributed by atoms with E-state index >= 15 is 0 Å². The first-order valence-electron chi connectivity index (χ1n) is 2.95. The largest absolute Gasteiger partial charge is 0.350 e. The van der Waals surface area contributed by atoms with Gasteiger partial charge in [0.1, 0.15) is 0 Å². The number of nitrogens with zero attached hydrogens (tertiary/aromatic N) is 3. The van der Waals surface area contributed by atoms with Crippen LogP contribution in [0.25, 0.3) is 0 Å². The maximum Gasteiger partial charge on any atom is 0.0732 e. The molecule has 0 radical (unpaired) electrons. The van der Waals surface area contributed by atoms with Crippen molar-refractivity contribution in [1.29, 1.82) is 0 Å². The van der Waals surface area contributed by atoms with E-state index in [2.05, 4.69) is 16.9 Å². The Kier molecular flexibility index (Phi) is 1.99. The second kappa shape index (κ2) is 2.96. The number of aryl methyl sites for hydroxylation is 1. The summed E-state index contributed by atoms with van der Waals surface area (Å²) in [5.41, 5.74) is 1.02. The molecule has 0 saturated carbocycles. The van der Waals surface area contributed by atoms with Crippen molar-refractivity contribution in [3.8, 4) is 0 Å². The summed E-state index contributed by atoms with van der Waals surface area (Å²) >= 11 is 0. The Morgan fingerprint density at radius 2 is 2.50 bits per heavy atom. The molecule has 1 aromatic rings. The molecule has 0 aliphatic heterocycles. The van der Waals surface area contributed by atoms with Crippen LogP contribution in [0.3, 0.4) is 0 Å². The summed E-state index contributed by atoms with van der Waals surface area (Å²) in [4.78, 5) is 0. The molecule has 0 aliphatic rings. The SMILES string of the molecule is C=N/N=C\c1cccn1C. The highest BCUT2D eigenvalue weighted by atomic mass is 15.2. The van der Waals surface area contributed by atoms with E-state index in [-0.39, 0.29) is 0 Å². The van der Waals surface area contributed by atoms with Crippen molar-refractivity contribution in [2.24, 2.45) is 17.3 Å². The van der Waals surface area contributed by atoms with E-state index in [1.807, 2.05) is 29.9 Å². The summed E-state index contributed by atoms with van der Waals surface area (Å²) in [6.45, 7) is 3.23. The molecule has 10 heavy (non-hydrogen) atoms. The van der Waals surface area contributed by atoms with E-state index in [0.29, 0.717) is 0 Å². The van der Waals surface area contributed by atoms with Crippen LogP contribution in [0.1, 0.15) is 5.69 Å². The molecule has 0 unspecified atom stereocenters. The Hall–Kier alpha value is -1.38. The number of rotatable bonds is 2. The lowest BCUT2D eigenvalue weighted by Gasteiger charge is -1.91. The fourth-order valence-electron chi connectivity index (χ4n) is 0.708. The average Bonchev–Trinajstić information content (AvgIpc) is 2.31. The molecule has 0 N–H and O–H groups in total. The van der Waals surface area contributed by atoms with Gasteiger partial charge in [-0.25, -0.2) is 0 Å². The Balaban J connectivity index is 2.83. The van der Waals surface area contributed by atoms with Crippen molar-refractivity contribution in [2.75, 3.05) is 0 Å². The molecule has 0 aromatic carbocycles. The molecule has 0 bridgehead atoms. The maximum atomic E-state index is 3.64. The van der Waals surface area contributed by atoms with Crippen molar-refractivity contribution >= 4 is 12.9 Å². The van der Waals surface area contributed by atoms with Crippen molar-refractivity contribution in [3.63, 3.8) is 0 Å². The number of hydrogen-bond acceptors (Lipinski definition) is 2. The van der Waals surface area contributed by atoms with Crippen molar-refractivity contribution in [2.45, 2.75) is 0 Å². The minimum Gasteiger partial charge on any atom is -0.350 e. The van der Waals surface area contributed by atoms with Gasteiger partial charge in [-0.3, -0.25) is 0 Å². The molecule has 0 fully saturated rings. The molecular weight excluding hydrogens is 126 g/mol. The van der Waals surface area contributed by atoms with E-state index in [4.69, 9.17) is 0 Å². The smallest absolute Gasteiger partial charge is 0.0732 e. The van der Waals surface area contributed by atoms with Gasteiger partial charge in [-0.1, -0.05) is 0 Å². The molecule has 3 heteroatoms. The van der Waals surface area contributed by atoms with Crippen LogP contribution in [0.15, 0.2) is 28.5 Å². The molecule has 1 aromatic heterocycles. The Morgan fingerprint density at radius 1 is 1.70 bits per heavy atom. The normalized spacial score (nSPS) is 10.5. The van der Waals surface area contributed by atoms with E-state index in [1.54, 1.807) is 6.21 Å². The van der Waals surface area contributed by atoms with Crippen LogP contribution in [-0.4, -0.2) is 17.5 Å². The Labute approximate surface area is 59.7 Å². The zero-order valence-corrected chi connectivity index (χ0v) is 5.86. The lowest BCUT2D eigenvalue weighted by Crippen LogP contribution is -1.91. The third-order valence-corrected chi connectivity index (χ3v) is 1.26. The topological polar surface area (TPSA) is 29.6 Å². The molecule has 0 saturated heterocycles. The molecule has 52 valence electrons. The zero-order valence-electron chi connectivity index (χ0n) is 5.86. The van der Waals surface area contributed by atoms with Crippen LogP contribution in [0.2, 0.25) is 0 Å². The highest BCUT2D eigenvalue weighted by molar-refractivity contribution is 5.77. The van der Waals surface area contributed by atoms with Gasteiger partial charge in [-0.2, -0.15) is 10.2 Å². The van der Waals surface area contributed by atoms with Crippen LogP contribution in [0, 0.1) is 0 Å². The van der Waals surface area contributed by atoms with Crippen LogP contribution < -0.4 is 0 Å².